The van der Waals surface area contributed by atoms with Crippen molar-refractivity contribution in [2.45, 2.75) is 25.8 Å². The van der Waals surface area contributed by atoms with Crippen LogP contribution in [0.15, 0.2) is 10.9 Å². The van der Waals surface area contributed by atoms with Crippen molar-refractivity contribution in [2.75, 3.05) is 24.7 Å². The summed E-state index contributed by atoms with van der Waals surface area (Å²) < 4.78 is 5.17. The maximum absolute atomic E-state index is 11.6. The Kier molecular flexibility index (Phi) is 3.84. The summed E-state index contributed by atoms with van der Waals surface area (Å²) in [5.74, 6) is 0.0335. The molecule has 104 valence electrons. The van der Waals surface area contributed by atoms with Crippen LogP contribution in [0, 0.1) is 0 Å². The highest BCUT2D eigenvalue weighted by molar-refractivity contribution is 5.78. The molecule has 1 unspecified atom stereocenters. The number of carbonyl (C=O) groups is 1. The van der Waals surface area contributed by atoms with E-state index in [9.17, 15) is 14.7 Å². The molecule has 0 amide bonds. The van der Waals surface area contributed by atoms with Crippen LogP contribution in [0.3, 0.4) is 0 Å². The van der Waals surface area contributed by atoms with Gasteiger partial charge in [0.05, 0.1) is 13.2 Å². The fourth-order valence-corrected chi connectivity index (χ4v) is 1.97. The third kappa shape index (κ3) is 2.93. The minimum atomic E-state index is -0.979. The summed E-state index contributed by atoms with van der Waals surface area (Å²) in [7, 11) is 0. The molecule has 2 heterocycles. The number of hydrogen-bond acceptors (Lipinski definition) is 5. The summed E-state index contributed by atoms with van der Waals surface area (Å²) >= 11 is 0. The maximum atomic E-state index is 11.6. The van der Waals surface area contributed by atoms with E-state index < -0.39 is 12.0 Å². The normalized spacial score (nSPS) is 19.7. The standard InChI is InChI=1S/C12H17N3O4/c1-7(2)11-13-9(5-10(16)14-11)15-3-4-19-6-8(15)12(17)18/h5,7-8H,3-4,6H2,1-2H3,(H,17,18)(H,13,14,16). The van der Waals surface area contributed by atoms with Crippen molar-refractivity contribution in [3.05, 3.63) is 22.2 Å². The van der Waals surface area contributed by atoms with Crippen LogP contribution >= 0.6 is 0 Å². The van der Waals surface area contributed by atoms with Gasteiger partial charge in [-0.3, -0.25) is 4.79 Å². The van der Waals surface area contributed by atoms with Crippen molar-refractivity contribution in [1.82, 2.24) is 9.97 Å². The summed E-state index contributed by atoms with van der Waals surface area (Å²) in [5.41, 5.74) is -0.274. The van der Waals surface area contributed by atoms with E-state index in [1.807, 2.05) is 13.8 Å². The van der Waals surface area contributed by atoms with Crippen LogP contribution in [0.25, 0.3) is 0 Å². The molecule has 1 aliphatic heterocycles. The van der Waals surface area contributed by atoms with Gasteiger partial charge in [-0.05, 0) is 0 Å². The summed E-state index contributed by atoms with van der Waals surface area (Å²) in [6.45, 7) is 4.76. The lowest BCUT2D eigenvalue weighted by atomic mass is 10.2. The molecule has 1 fully saturated rings. The fourth-order valence-electron chi connectivity index (χ4n) is 1.97. The second-order valence-electron chi connectivity index (χ2n) is 4.77. The number of carboxylic acid groups (broad SMARTS) is 1. The predicted octanol–water partition coefficient (Wildman–Crippen LogP) is 0.183. The van der Waals surface area contributed by atoms with E-state index in [2.05, 4.69) is 9.97 Å². The molecule has 7 heteroatoms. The number of H-pyrrole nitrogens is 1. The van der Waals surface area contributed by atoms with Gasteiger partial charge in [0.2, 0.25) is 0 Å². The minimum absolute atomic E-state index is 0.0666. The molecular weight excluding hydrogens is 250 g/mol. The molecule has 1 atom stereocenters. The second-order valence-corrected chi connectivity index (χ2v) is 4.77. The third-order valence-corrected chi connectivity index (χ3v) is 3.00. The zero-order valence-electron chi connectivity index (χ0n) is 10.9. The summed E-state index contributed by atoms with van der Waals surface area (Å²) in [5, 5.41) is 9.18. The Bertz CT molecular complexity index is 526. The number of aromatic amines is 1. The number of ether oxygens (including phenoxy) is 1. The molecule has 0 aliphatic carbocycles. The molecule has 2 N–H and O–H groups in total. The van der Waals surface area contributed by atoms with Crippen molar-refractivity contribution in [2.24, 2.45) is 0 Å². The highest BCUT2D eigenvalue weighted by atomic mass is 16.5. The van der Waals surface area contributed by atoms with Crippen molar-refractivity contribution in [1.29, 1.82) is 0 Å². The minimum Gasteiger partial charge on any atom is -0.480 e. The van der Waals surface area contributed by atoms with Gasteiger partial charge in [-0.2, -0.15) is 0 Å². The highest BCUT2D eigenvalue weighted by Gasteiger charge is 2.30. The number of nitrogens with one attached hydrogen (secondary N) is 1. The van der Waals surface area contributed by atoms with Crippen LogP contribution in [-0.2, 0) is 9.53 Å². The van der Waals surface area contributed by atoms with Gasteiger partial charge in [-0.1, -0.05) is 13.8 Å². The Labute approximate surface area is 110 Å². The van der Waals surface area contributed by atoms with Crippen LogP contribution in [0.2, 0.25) is 0 Å². The Morgan fingerprint density at radius 1 is 1.63 bits per heavy atom. The molecule has 1 aromatic heterocycles. The number of carboxylic acids is 1. The van der Waals surface area contributed by atoms with E-state index in [-0.39, 0.29) is 18.1 Å². The molecule has 1 aliphatic rings. The SMILES string of the molecule is CC(C)c1nc(N2CCOCC2C(=O)O)cc(=O)[nH]1. The van der Waals surface area contributed by atoms with Crippen LogP contribution in [0.1, 0.15) is 25.6 Å². The van der Waals surface area contributed by atoms with Gasteiger partial charge in [-0.25, -0.2) is 9.78 Å². The highest BCUT2D eigenvalue weighted by Crippen LogP contribution is 2.18. The Morgan fingerprint density at radius 2 is 2.37 bits per heavy atom. The summed E-state index contributed by atoms with van der Waals surface area (Å²) in [6.07, 6.45) is 0. The maximum Gasteiger partial charge on any atom is 0.328 e. The Morgan fingerprint density at radius 3 is 3.00 bits per heavy atom. The van der Waals surface area contributed by atoms with Crippen molar-refractivity contribution in [3.8, 4) is 0 Å². The lowest BCUT2D eigenvalue weighted by molar-refractivity contribution is -0.141. The average molecular weight is 267 g/mol. The van der Waals surface area contributed by atoms with E-state index in [0.29, 0.717) is 24.8 Å². The first-order valence-electron chi connectivity index (χ1n) is 6.17. The van der Waals surface area contributed by atoms with E-state index in [0.717, 1.165) is 0 Å². The molecule has 19 heavy (non-hydrogen) atoms. The first kappa shape index (κ1) is 13.5. The number of aliphatic carboxylic acids is 1. The van der Waals surface area contributed by atoms with E-state index in [4.69, 9.17) is 4.74 Å². The largest absolute Gasteiger partial charge is 0.480 e. The monoisotopic (exact) mass is 267 g/mol. The third-order valence-electron chi connectivity index (χ3n) is 3.00. The molecule has 7 nitrogen and oxygen atoms in total. The number of morpholine rings is 1. The molecular formula is C12H17N3O4. The summed E-state index contributed by atoms with van der Waals surface area (Å²) in [6, 6.07) is 0.524. The van der Waals surface area contributed by atoms with Gasteiger partial charge in [0.15, 0.2) is 6.04 Å². The van der Waals surface area contributed by atoms with Crippen molar-refractivity contribution >= 4 is 11.8 Å². The Hall–Kier alpha value is -1.89. The quantitative estimate of drug-likeness (QED) is 0.811. The average Bonchev–Trinajstić information content (AvgIpc) is 2.37. The fraction of sp³-hybridized carbons (Fsp3) is 0.583. The van der Waals surface area contributed by atoms with Crippen LogP contribution in [0.4, 0.5) is 5.82 Å². The molecule has 1 aromatic rings. The number of hydrogen-bond donors (Lipinski definition) is 2. The number of anilines is 1. The topological polar surface area (TPSA) is 95.5 Å². The van der Waals surface area contributed by atoms with Gasteiger partial charge >= 0.3 is 5.97 Å². The number of aromatic nitrogens is 2. The van der Waals surface area contributed by atoms with Crippen LogP contribution < -0.4 is 10.5 Å². The van der Waals surface area contributed by atoms with E-state index >= 15 is 0 Å². The van der Waals surface area contributed by atoms with E-state index in [1.54, 1.807) is 4.90 Å². The predicted molar refractivity (Wildman–Crippen MR) is 68.5 cm³/mol. The van der Waals surface area contributed by atoms with Gasteiger partial charge in [0, 0.05) is 18.5 Å². The smallest absolute Gasteiger partial charge is 0.328 e. The molecule has 0 spiro atoms. The first-order valence-corrected chi connectivity index (χ1v) is 6.17. The van der Waals surface area contributed by atoms with Crippen LogP contribution in [-0.4, -0.2) is 46.8 Å². The van der Waals surface area contributed by atoms with Crippen molar-refractivity contribution in [3.63, 3.8) is 0 Å². The molecule has 0 aromatic carbocycles. The van der Waals surface area contributed by atoms with E-state index in [1.165, 1.54) is 6.07 Å². The van der Waals surface area contributed by atoms with Gasteiger partial charge < -0.3 is 19.7 Å². The molecule has 0 radical (unpaired) electrons. The van der Waals surface area contributed by atoms with Gasteiger partial charge in [-0.15, -0.1) is 0 Å². The lowest BCUT2D eigenvalue weighted by Crippen LogP contribution is -2.50. The molecule has 0 bridgehead atoms. The summed E-state index contributed by atoms with van der Waals surface area (Å²) in [4.78, 5) is 31.4. The zero-order valence-corrected chi connectivity index (χ0v) is 10.9. The van der Waals surface area contributed by atoms with Crippen LogP contribution in [0.5, 0.6) is 0 Å². The lowest BCUT2D eigenvalue weighted by Gasteiger charge is -2.33. The van der Waals surface area contributed by atoms with Crippen molar-refractivity contribution < 1.29 is 14.6 Å². The first-order chi connectivity index (χ1) is 8.99. The number of nitrogens with zero attached hydrogens (tertiary/aromatic N) is 2. The molecule has 1 saturated heterocycles. The number of rotatable bonds is 3. The molecule has 2 rings (SSSR count). The zero-order chi connectivity index (χ0) is 14.0. The molecule has 0 saturated carbocycles. The second kappa shape index (κ2) is 5.40. The van der Waals surface area contributed by atoms with Gasteiger partial charge in [0.25, 0.3) is 5.56 Å². The van der Waals surface area contributed by atoms with Gasteiger partial charge in [0.1, 0.15) is 11.6 Å². The Balaban J connectivity index is 2.38.